The Morgan fingerprint density at radius 1 is 1.16 bits per heavy atom. The Hall–Kier alpha value is -1.45. The molecule has 1 aromatic carbocycles. The molecule has 3 rings (SSSR count). The Morgan fingerprint density at radius 2 is 1.92 bits per heavy atom. The fraction of sp³-hybridized carbons (Fsp3) is 0.500. The Morgan fingerprint density at radius 3 is 2.60 bits per heavy atom. The van der Waals surface area contributed by atoms with Gasteiger partial charge in [-0.2, -0.15) is 0 Å². The highest BCUT2D eigenvalue weighted by Gasteiger charge is 2.26. The Balaban J connectivity index is 1.59. The second kappa shape index (κ2) is 8.29. The predicted octanol–water partition coefficient (Wildman–Crippen LogP) is 5.76. The first-order valence-corrected chi connectivity index (χ1v) is 10.4. The van der Waals surface area contributed by atoms with Crippen molar-refractivity contribution in [3.8, 4) is 0 Å². The molecule has 1 saturated carbocycles. The third kappa shape index (κ3) is 4.59. The molecule has 134 valence electrons. The van der Waals surface area contributed by atoms with E-state index in [1.165, 1.54) is 30.4 Å². The highest BCUT2D eigenvalue weighted by molar-refractivity contribution is 7.12. The number of carbonyl (C=O) groups is 1. The minimum atomic E-state index is -0.113. The molecule has 1 heterocycles. The van der Waals surface area contributed by atoms with Crippen LogP contribution in [-0.4, -0.2) is 17.9 Å². The highest BCUT2D eigenvalue weighted by Crippen LogP contribution is 2.33. The van der Waals surface area contributed by atoms with Gasteiger partial charge in [0.05, 0.1) is 10.9 Å². The number of nitrogens with one attached hydrogen (secondary N) is 1. The molecule has 0 bridgehead atoms. The van der Waals surface area contributed by atoms with Crippen molar-refractivity contribution in [2.75, 3.05) is 0 Å². The molecule has 1 aliphatic rings. The molecular weight excluding hydrogens is 326 g/mol. The Bertz CT molecular complexity index is 691. The predicted molar refractivity (Wildman–Crippen MR) is 107 cm³/mol. The van der Waals surface area contributed by atoms with Gasteiger partial charge in [-0.05, 0) is 60.6 Å². The zero-order valence-corrected chi connectivity index (χ0v) is 16.3. The summed E-state index contributed by atoms with van der Waals surface area (Å²) < 4.78 is 0. The van der Waals surface area contributed by atoms with E-state index < -0.39 is 0 Å². The lowest BCUT2D eigenvalue weighted by Crippen LogP contribution is -2.43. The van der Waals surface area contributed by atoms with Gasteiger partial charge in [0.25, 0.3) is 0 Å². The SMILES string of the molecule is CC(NC1CCCC(c2ccccc2)C1)C(=O)c1cc(C(C)C)cs1. The van der Waals surface area contributed by atoms with Gasteiger partial charge in [-0.1, -0.05) is 50.6 Å². The van der Waals surface area contributed by atoms with Crippen LogP contribution in [-0.2, 0) is 0 Å². The first-order chi connectivity index (χ1) is 12.0. The second-order valence-electron chi connectivity index (χ2n) is 7.62. The number of rotatable bonds is 6. The van der Waals surface area contributed by atoms with Crippen molar-refractivity contribution in [3.05, 3.63) is 57.8 Å². The summed E-state index contributed by atoms with van der Waals surface area (Å²) in [7, 11) is 0. The Labute approximate surface area is 155 Å². The first-order valence-electron chi connectivity index (χ1n) is 9.48. The monoisotopic (exact) mass is 355 g/mol. The van der Waals surface area contributed by atoms with Crippen LogP contribution in [0.25, 0.3) is 0 Å². The number of thiophene rings is 1. The fourth-order valence-corrected chi connectivity index (χ4v) is 4.89. The van der Waals surface area contributed by atoms with Crippen LogP contribution in [0.2, 0.25) is 0 Å². The number of benzene rings is 1. The van der Waals surface area contributed by atoms with Crippen molar-refractivity contribution in [1.29, 1.82) is 0 Å². The molecule has 0 amide bonds. The molecule has 25 heavy (non-hydrogen) atoms. The van der Waals surface area contributed by atoms with E-state index in [-0.39, 0.29) is 11.8 Å². The largest absolute Gasteiger partial charge is 0.305 e. The summed E-state index contributed by atoms with van der Waals surface area (Å²) in [6.07, 6.45) is 4.79. The molecule has 1 fully saturated rings. The number of carbonyl (C=O) groups excluding carboxylic acids is 1. The van der Waals surface area contributed by atoms with Gasteiger partial charge in [-0.15, -0.1) is 11.3 Å². The summed E-state index contributed by atoms with van der Waals surface area (Å²) in [6.45, 7) is 6.36. The third-order valence-electron chi connectivity index (χ3n) is 5.35. The van der Waals surface area contributed by atoms with E-state index in [9.17, 15) is 4.79 Å². The number of ketones is 1. The van der Waals surface area contributed by atoms with Crippen LogP contribution in [0, 0.1) is 0 Å². The van der Waals surface area contributed by atoms with Gasteiger partial charge in [0.15, 0.2) is 5.78 Å². The fourth-order valence-electron chi connectivity index (χ4n) is 3.79. The van der Waals surface area contributed by atoms with E-state index in [0.29, 0.717) is 17.9 Å². The molecule has 0 saturated heterocycles. The van der Waals surface area contributed by atoms with E-state index in [1.54, 1.807) is 11.3 Å². The van der Waals surface area contributed by atoms with Crippen molar-refractivity contribution >= 4 is 17.1 Å². The van der Waals surface area contributed by atoms with Crippen molar-refractivity contribution in [2.45, 2.75) is 70.4 Å². The van der Waals surface area contributed by atoms with Crippen LogP contribution >= 0.6 is 11.3 Å². The topological polar surface area (TPSA) is 29.1 Å². The van der Waals surface area contributed by atoms with Crippen LogP contribution in [0.1, 0.15) is 79.1 Å². The smallest absolute Gasteiger partial charge is 0.189 e. The van der Waals surface area contributed by atoms with Crippen LogP contribution in [0.4, 0.5) is 0 Å². The molecule has 2 aromatic rings. The average molecular weight is 356 g/mol. The molecule has 0 radical (unpaired) electrons. The van der Waals surface area contributed by atoms with Crippen LogP contribution in [0.3, 0.4) is 0 Å². The van der Waals surface area contributed by atoms with Gasteiger partial charge in [0.2, 0.25) is 0 Å². The molecular formula is C22H29NOS. The molecule has 3 heteroatoms. The van der Waals surface area contributed by atoms with Gasteiger partial charge < -0.3 is 5.32 Å². The number of hydrogen-bond acceptors (Lipinski definition) is 3. The summed E-state index contributed by atoms with van der Waals surface area (Å²) >= 11 is 1.58. The second-order valence-corrected chi connectivity index (χ2v) is 8.53. The van der Waals surface area contributed by atoms with E-state index in [1.807, 2.05) is 6.92 Å². The molecule has 1 aliphatic carbocycles. The van der Waals surface area contributed by atoms with Gasteiger partial charge in [0.1, 0.15) is 0 Å². The molecule has 1 N–H and O–H groups in total. The normalized spacial score (nSPS) is 22.1. The molecule has 0 spiro atoms. The minimum Gasteiger partial charge on any atom is -0.305 e. The van der Waals surface area contributed by atoms with Crippen molar-refractivity contribution in [1.82, 2.24) is 5.32 Å². The standard InChI is InChI=1S/C22H29NOS/c1-15(2)19-13-21(25-14-19)22(24)16(3)23-20-11-7-10-18(12-20)17-8-5-4-6-9-17/h4-6,8-9,13-16,18,20,23H,7,10-12H2,1-3H3. The van der Waals surface area contributed by atoms with E-state index in [4.69, 9.17) is 0 Å². The van der Waals surface area contributed by atoms with Gasteiger partial charge in [0, 0.05) is 6.04 Å². The maximum Gasteiger partial charge on any atom is 0.189 e. The van der Waals surface area contributed by atoms with E-state index >= 15 is 0 Å². The third-order valence-corrected chi connectivity index (χ3v) is 6.32. The highest BCUT2D eigenvalue weighted by atomic mass is 32.1. The molecule has 1 aromatic heterocycles. The summed E-state index contributed by atoms with van der Waals surface area (Å²) in [5.41, 5.74) is 2.70. The van der Waals surface area contributed by atoms with Crippen molar-refractivity contribution in [3.63, 3.8) is 0 Å². The Kier molecular flexibility index (Phi) is 6.08. The summed E-state index contributed by atoms with van der Waals surface area (Å²) in [6, 6.07) is 13.2. The molecule has 3 atom stereocenters. The number of Topliss-reactive ketones (excluding diaryl/α,β-unsaturated/α-hetero) is 1. The summed E-state index contributed by atoms with van der Waals surface area (Å²) in [4.78, 5) is 13.6. The van der Waals surface area contributed by atoms with Crippen LogP contribution < -0.4 is 5.32 Å². The van der Waals surface area contributed by atoms with E-state index in [0.717, 1.165) is 11.3 Å². The summed E-state index contributed by atoms with van der Waals surface area (Å²) in [5, 5.41) is 5.73. The first kappa shape index (κ1) is 18.3. The van der Waals surface area contributed by atoms with Gasteiger partial charge in [-0.25, -0.2) is 0 Å². The summed E-state index contributed by atoms with van der Waals surface area (Å²) in [5.74, 6) is 1.33. The maximum atomic E-state index is 12.8. The average Bonchev–Trinajstić information content (AvgIpc) is 3.12. The van der Waals surface area contributed by atoms with E-state index in [2.05, 4.69) is 60.9 Å². The van der Waals surface area contributed by atoms with Crippen LogP contribution in [0.15, 0.2) is 41.8 Å². The lowest BCUT2D eigenvalue weighted by molar-refractivity contribution is 0.0943. The van der Waals surface area contributed by atoms with Crippen LogP contribution in [0.5, 0.6) is 0 Å². The quantitative estimate of drug-likeness (QED) is 0.668. The zero-order valence-electron chi connectivity index (χ0n) is 15.5. The lowest BCUT2D eigenvalue weighted by Gasteiger charge is -2.31. The van der Waals surface area contributed by atoms with Crippen molar-refractivity contribution in [2.24, 2.45) is 0 Å². The minimum absolute atomic E-state index is 0.113. The van der Waals surface area contributed by atoms with Gasteiger partial charge in [-0.3, -0.25) is 4.79 Å². The lowest BCUT2D eigenvalue weighted by atomic mass is 9.81. The van der Waals surface area contributed by atoms with Crippen molar-refractivity contribution < 1.29 is 4.79 Å². The molecule has 2 nitrogen and oxygen atoms in total. The van der Waals surface area contributed by atoms with Gasteiger partial charge >= 0.3 is 0 Å². The molecule has 0 aliphatic heterocycles. The maximum absolute atomic E-state index is 12.8. The molecule has 3 unspecified atom stereocenters. The number of hydrogen-bond donors (Lipinski definition) is 1. The zero-order chi connectivity index (χ0) is 17.8.